The van der Waals surface area contributed by atoms with Crippen LogP contribution in [-0.4, -0.2) is 33.5 Å². The SMILES string of the molecule is O=C(O)CCC(=O)NCCCc1nc2cc3ccccc3cc2[nH]1. The van der Waals surface area contributed by atoms with Crippen molar-refractivity contribution in [3.05, 3.63) is 42.2 Å². The van der Waals surface area contributed by atoms with E-state index in [9.17, 15) is 9.59 Å². The van der Waals surface area contributed by atoms with E-state index < -0.39 is 5.97 Å². The number of imidazole rings is 1. The first-order valence-corrected chi connectivity index (χ1v) is 7.98. The highest BCUT2D eigenvalue weighted by atomic mass is 16.4. The van der Waals surface area contributed by atoms with Crippen molar-refractivity contribution in [1.82, 2.24) is 15.3 Å². The minimum atomic E-state index is -0.959. The van der Waals surface area contributed by atoms with Gasteiger partial charge >= 0.3 is 5.97 Å². The average Bonchev–Trinajstić information content (AvgIpc) is 2.96. The Morgan fingerprint density at radius 3 is 2.62 bits per heavy atom. The highest BCUT2D eigenvalue weighted by Crippen LogP contribution is 2.21. The number of carboxylic acids is 1. The van der Waals surface area contributed by atoms with Crippen LogP contribution in [0.4, 0.5) is 0 Å². The number of carboxylic acid groups (broad SMARTS) is 1. The fraction of sp³-hybridized carbons (Fsp3) is 0.278. The molecule has 1 heterocycles. The topological polar surface area (TPSA) is 95.1 Å². The molecule has 0 aliphatic carbocycles. The number of H-pyrrole nitrogens is 1. The van der Waals surface area contributed by atoms with Gasteiger partial charge in [-0.3, -0.25) is 9.59 Å². The average molecular weight is 325 g/mol. The highest BCUT2D eigenvalue weighted by Gasteiger charge is 2.06. The summed E-state index contributed by atoms with van der Waals surface area (Å²) in [5, 5.41) is 13.6. The molecule has 0 radical (unpaired) electrons. The van der Waals surface area contributed by atoms with E-state index in [1.165, 1.54) is 5.39 Å². The van der Waals surface area contributed by atoms with Crippen LogP contribution in [0.2, 0.25) is 0 Å². The molecular formula is C18H19N3O3. The number of rotatable bonds is 7. The molecule has 3 rings (SSSR count). The lowest BCUT2D eigenvalue weighted by molar-refractivity contribution is -0.138. The lowest BCUT2D eigenvalue weighted by Crippen LogP contribution is -2.25. The van der Waals surface area contributed by atoms with E-state index in [4.69, 9.17) is 5.11 Å². The van der Waals surface area contributed by atoms with Gasteiger partial charge in [-0.25, -0.2) is 4.98 Å². The smallest absolute Gasteiger partial charge is 0.303 e. The van der Waals surface area contributed by atoms with Gasteiger partial charge in [-0.05, 0) is 29.3 Å². The van der Waals surface area contributed by atoms with E-state index in [2.05, 4.69) is 39.6 Å². The van der Waals surface area contributed by atoms with Crippen LogP contribution in [0.25, 0.3) is 21.8 Å². The normalized spacial score (nSPS) is 11.0. The number of nitrogens with zero attached hydrogens (tertiary/aromatic N) is 1. The van der Waals surface area contributed by atoms with E-state index in [-0.39, 0.29) is 18.7 Å². The van der Waals surface area contributed by atoms with Crippen LogP contribution in [0.15, 0.2) is 36.4 Å². The van der Waals surface area contributed by atoms with Crippen LogP contribution in [0.5, 0.6) is 0 Å². The summed E-state index contributed by atoms with van der Waals surface area (Å²) in [4.78, 5) is 29.7. The van der Waals surface area contributed by atoms with Gasteiger partial charge in [0.2, 0.25) is 5.91 Å². The van der Waals surface area contributed by atoms with Crippen molar-refractivity contribution in [2.24, 2.45) is 0 Å². The summed E-state index contributed by atoms with van der Waals surface area (Å²) in [6, 6.07) is 12.3. The maximum Gasteiger partial charge on any atom is 0.303 e. The Hall–Kier alpha value is -2.89. The zero-order valence-electron chi connectivity index (χ0n) is 13.2. The molecule has 6 heteroatoms. The Morgan fingerprint density at radius 2 is 1.88 bits per heavy atom. The number of aromatic nitrogens is 2. The molecule has 0 saturated carbocycles. The van der Waals surface area contributed by atoms with E-state index in [0.717, 1.165) is 35.1 Å². The molecule has 0 bridgehead atoms. The second-order valence-electron chi connectivity index (χ2n) is 5.75. The zero-order chi connectivity index (χ0) is 16.9. The summed E-state index contributed by atoms with van der Waals surface area (Å²) in [7, 11) is 0. The van der Waals surface area contributed by atoms with Crippen LogP contribution in [-0.2, 0) is 16.0 Å². The number of hydrogen-bond acceptors (Lipinski definition) is 3. The summed E-state index contributed by atoms with van der Waals surface area (Å²) >= 11 is 0. The highest BCUT2D eigenvalue weighted by molar-refractivity contribution is 5.95. The Labute approximate surface area is 138 Å². The van der Waals surface area contributed by atoms with E-state index in [0.29, 0.717) is 6.54 Å². The van der Waals surface area contributed by atoms with Gasteiger partial charge in [0.15, 0.2) is 0 Å². The largest absolute Gasteiger partial charge is 0.481 e. The van der Waals surface area contributed by atoms with Crippen LogP contribution < -0.4 is 5.32 Å². The Morgan fingerprint density at radius 1 is 1.12 bits per heavy atom. The number of fused-ring (bicyclic) bond motifs is 2. The molecule has 0 unspecified atom stereocenters. The molecule has 3 N–H and O–H groups in total. The first-order chi connectivity index (χ1) is 11.6. The van der Waals surface area contributed by atoms with Crippen LogP contribution in [0.1, 0.15) is 25.1 Å². The second kappa shape index (κ2) is 7.12. The first-order valence-electron chi connectivity index (χ1n) is 7.98. The van der Waals surface area contributed by atoms with Gasteiger partial charge in [0.1, 0.15) is 5.82 Å². The summed E-state index contributed by atoms with van der Waals surface area (Å²) in [6.07, 6.45) is 1.36. The van der Waals surface area contributed by atoms with Gasteiger partial charge < -0.3 is 15.4 Å². The number of carbonyl (C=O) groups excluding carboxylic acids is 1. The first kappa shape index (κ1) is 16.0. The molecule has 1 amide bonds. The standard InChI is InChI=1S/C18H19N3O3/c22-17(7-8-18(23)24)19-9-3-6-16-20-14-10-12-4-1-2-5-13(12)11-15(14)21-16/h1-2,4-5,10-11H,3,6-9H2,(H,19,22)(H,20,21)(H,23,24). The third-order valence-electron chi connectivity index (χ3n) is 3.88. The minimum absolute atomic E-state index is 0.0204. The molecule has 6 nitrogen and oxygen atoms in total. The number of aromatic amines is 1. The van der Waals surface area contributed by atoms with Gasteiger partial charge in [0, 0.05) is 19.4 Å². The fourth-order valence-electron chi connectivity index (χ4n) is 2.66. The molecule has 124 valence electrons. The molecule has 3 aromatic rings. The summed E-state index contributed by atoms with van der Waals surface area (Å²) in [5.41, 5.74) is 1.95. The van der Waals surface area contributed by atoms with Crippen molar-refractivity contribution >= 4 is 33.7 Å². The van der Waals surface area contributed by atoms with E-state index in [1.54, 1.807) is 0 Å². The lowest BCUT2D eigenvalue weighted by atomic mass is 10.1. The molecule has 0 fully saturated rings. The number of carbonyl (C=O) groups is 2. The predicted octanol–water partition coefficient (Wildman–Crippen LogP) is 2.63. The number of nitrogens with one attached hydrogen (secondary N) is 2. The third-order valence-corrected chi connectivity index (χ3v) is 3.88. The van der Waals surface area contributed by atoms with Gasteiger partial charge in [-0.15, -0.1) is 0 Å². The van der Waals surface area contributed by atoms with Gasteiger partial charge in [0.25, 0.3) is 0 Å². The third kappa shape index (κ3) is 3.90. The Bertz CT molecular complexity index is 833. The maximum atomic E-state index is 11.4. The monoisotopic (exact) mass is 325 g/mol. The summed E-state index contributed by atoms with van der Waals surface area (Å²) < 4.78 is 0. The molecule has 1 aromatic heterocycles. The number of amides is 1. The molecule has 0 saturated heterocycles. The molecule has 0 aliphatic rings. The minimum Gasteiger partial charge on any atom is -0.481 e. The van der Waals surface area contributed by atoms with Crippen LogP contribution in [0, 0.1) is 0 Å². The molecule has 0 aliphatic heterocycles. The maximum absolute atomic E-state index is 11.4. The quantitative estimate of drug-likeness (QED) is 0.582. The predicted molar refractivity (Wildman–Crippen MR) is 91.8 cm³/mol. The Balaban J connectivity index is 1.55. The van der Waals surface area contributed by atoms with Crippen molar-refractivity contribution in [3.63, 3.8) is 0 Å². The zero-order valence-corrected chi connectivity index (χ0v) is 13.2. The van der Waals surface area contributed by atoms with Gasteiger partial charge in [-0.1, -0.05) is 24.3 Å². The van der Waals surface area contributed by atoms with Crippen LogP contribution in [0.3, 0.4) is 0 Å². The number of hydrogen-bond donors (Lipinski definition) is 3. The molecule has 2 aromatic carbocycles. The fourth-order valence-corrected chi connectivity index (χ4v) is 2.66. The van der Waals surface area contributed by atoms with E-state index in [1.807, 2.05) is 12.1 Å². The summed E-state index contributed by atoms with van der Waals surface area (Å²) in [5.74, 6) is -0.298. The number of aliphatic carboxylic acids is 1. The van der Waals surface area contributed by atoms with Crippen molar-refractivity contribution in [3.8, 4) is 0 Å². The van der Waals surface area contributed by atoms with Gasteiger partial charge in [-0.2, -0.15) is 0 Å². The summed E-state index contributed by atoms with van der Waals surface area (Å²) in [6.45, 7) is 0.511. The Kier molecular flexibility index (Phi) is 4.74. The van der Waals surface area contributed by atoms with Gasteiger partial charge in [0.05, 0.1) is 17.5 Å². The van der Waals surface area contributed by atoms with Crippen molar-refractivity contribution < 1.29 is 14.7 Å². The molecule has 0 atom stereocenters. The van der Waals surface area contributed by atoms with Crippen molar-refractivity contribution in [1.29, 1.82) is 0 Å². The second-order valence-corrected chi connectivity index (χ2v) is 5.75. The van der Waals surface area contributed by atoms with Crippen LogP contribution >= 0.6 is 0 Å². The van der Waals surface area contributed by atoms with Crippen molar-refractivity contribution in [2.45, 2.75) is 25.7 Å². The molecule has 24 heavy (non-hydrogen) atoms. The molecule has 0 spiro atoms. The number of benzene rings is 2. The lowest BCUT2D eigenvalue weighted by Gasteiger charge is -2.02. The van der Waals surface area contributed by atoms with E-state index >= 15 is 0 Å². The number of aryl methyl sites for hydroxylation is 1. The molecular weight excluding hydrogens is 306 g/mol. The van der Waals surface area contributed by atoms with Crippen molar-refractivity contribution in [2.75, 3.05) is 6.54 Å².